The molecule has 0 fully saturated rings. The molecule has 0 unspecified atom stereocenters. The number of rotatable bonds is 12. The van der Waals surface area contributed by atoms with Crippen molar-refractivity contribution >= 4 is 39.2 Å². The smallest absolute Gasteiger partial charge is 0.116 e. The monoisotopic (exact) mass is 536 g/mol. The number of aromatic amines is 1. The summed E-state index contributed by atoms with van der Waals surface area (Å²) in [5.41, 5.74) is 15.3. The Hall–Kier alpha value is -4.23. The molecule has 39 heavy (non-hydrogen) atoms. The molecule has 200 valence electrons. The van der Waals surface area contributed by atoms with Gasteiger partial charge in [-0.2, -0.15) is 0 Å². The fraction of sp³-hybridized carbons (Fsp3) is 0.219. The number of fused-ring (bicyclic) bond motifs is 1. The summed E-state index contributed by atoms with van der Waals surface area (Å²) in [6.45, 7) is 18.3. The van der Waals surface area contributed by atoms with E-state index >= 15 is 0 Å². The minimum atomic E-state index is 0.540. The van der Waals surface area contributed by atoms with Crippen molar-refractivity contribution in [3.8, 4) is 10.6 Å². The number of allylic oxidation sites excluding steroid dienone is 6. The van der Waals surface area contributed by atoms with Crippen molar-refractivity contribution in [1.82, 2.24) is 25.3 Å². The predicted octanol–water partition coefficient (Wildman–Crippen LogP) is 8.05. The first-order valence-corrected chi connectivity index (χ1v) is 13.9. The topological polar surface area (TPSA) is 92.5 Å². The SMILES string of the molecule is C=C/C(=C\C(=C/C)c1cc(Cc2nc3c(-c4ccc(C(=C)C)s4)nccc3[nH]2)c(N)cn1)NC(=C)CCCC. The first kappa shape index (κ1) is 27.8. The Kier molecular flexibility index (Phi) is 8.94. The van der Waals surface area contributed by atoms with E-state index < -0.39 is 0 Å². The lowest BCUT2D eigenvalue weighted by Gasteiger charge is -2.12. The second-order valence-corrected chi connectivity index (χ2v) is 10.6. The number of nitrogens with one attached hydrogen (secondary N) is 2. The molecule has 7 heteroatoms. The minimum Gasteiger partial charge on any atom is -0.397 e. The third-order valence-electron chi connectivity index (χ3n) is 6.38. The molecule has 4 aromatic rings. The summed E-state index contributed by atoms with van der Waals surface area (Å²) in [5.74, 6) is 0.818. The highest BCUT2D eigenvalue weighted by Gasteiger charge is 2.15. The number of pyridine rings is 2. The van der Waals surface area contributed by atoms with Crippen molar-refractivity contribution in [2.45, 2.75) is 46.5 Å². The van der Waals surface area contributed by atoms with Gasteiger partial charge in [0.2, 0.25) is 0 Å². The number of hydrogen-bond donors (Lipinski definition) is 3. The van der Waals surface area contributed by atoms with Gasteiger partial charge in [-0.05, 0) is 79.8 Å². The van der Waals surface area contributed by atoms with Crippen LogP contribution < -0.4 is 11.1 Å². The van der Waals surface area contributed by atoms with E-state index in [1.54, 1.807) is 23.6 Å². The molecular weight excluding hydrogens is 500 g/mol. The number of unbranched alkanes of at least 4 members (excludes halogenated alkanes) is 1. The standard InChI is InChI=1S/C32H36N6S/c1-7-10-11-21(6)36-24(9-3)16-22(8-2)27-17-23(25(33)19-35-27)18-30-37-26-14-15-34-32(31(26)38-30)29-13-12-28(39-29)20(4)5/h8-9,12-17,19,36H,3-4,6-7,10-11,18,33H2,1-2,5H3,(H,37,38)/b22-8+,24-16+. The summed E-state index contributed by atoms with van der Waals surface area (Å²) < 4.78 is 0. The molecule has 0 atom stereocenters. The average Bonchev–Trinajstić information content (AvgIpc) is 3.58. The van der Waals surface area contributed by atoms with E-state index in [2.05, 4.69) is 59.1 Å². The van der Waals surface area contributed by atoms with E-state index in [4.69, 9.17) is 10.7 Å². The lowest BCUT2D eigenvalue weighted by atomic mass is 10.0. The second kappa shape index (κ2) is 12.5. The summed E-state index contributed by atoms with van der Waals surface area (Å²) >= 11 is 1.67. The van der Waals surface area contributed by atoms with Gasteiger partial charge in [-0.3, -0.25) is 9.97 Å². The Labute approximate surface area is 234 Å². The zero-order chi connectivity index (χ0) is 27.9. The van der Waals surface area contributed by atoms with Crippen LogP contribution in [0.4, 0.5) is 5.69 Å². The maximum atomic E-state index is 6.37. The highest BCUT2D eigenvalue weighted by molar-refractivity contribution is 7.16. The molecule has 0 aliphatic carbocycles. The Morgan fingerprint density at radius 2 is 2.03 bits per heavy atom. The first-order chi connectivity index (χ1) is 18.8. The highest BCUT2D eigenvalue weighted by Crippen LogP contribution is 2.33. The van der Waals surface area contributed by atoms with Gasteiger partial charge in [-0.25, -0.2) is 4.98 Å². The van der Waals surface area contributed by atoms with E-state index in [1.165, 1.54) is 0 Å². The van der Waals surface area contributed by atoms with Crippen molar-refractivity contribution in [3.63, 3.8) is 0 Å². The van der Waals surface area contributed by atoms with Gasteiger partial charge in [0.05, 0.1) is 28.0 Å². The maximum absolute atomic E-state index is 6.37. The van der Waals surface area contributed by atoms with Crippen LogP contribution in [0.3, 0.4) is 0 Å². The largest absolute Gasteiger partial charge is 0.397 e. The van der Waals surface area contributed by atoms with Crippen LogP contribution in [-0.2, 0) is 6.42 Å². The van der Waals surface area contributed by atoms with Crippen molar-refractivity contribution in [3.05, 3.63) is 108 Å². The summed E-state index contributed by atoms with van der Waals surface area (Å²) in [5, 5.41) is 3.37. The summed E-state index contributed by atoms with van der Waals surface area (Å²) in [7, 11) is 0. The first-order valence-electron chi connectivity index (χ1n) is 13.1. The van der Waals surface area contributed by atoms with Crippen LogP contribution in [0, 0.1) is 0 Å². The quantitative estimate of drug-likeness (QED) is 0.159. The number of thiophene rings is 1. The third kappa shape index (κ3) is 6.62. The van der Waals surface area contributed by atoms with Crippen molar-refractivity contribution in [2.24, 2.45) is 0 Å². The molecule has 4 heterocycles. The van der Waals surface area contributed by atoms with Crippen molar-refractivity contribution in [1.29, 1.82) is 0 Å². The van der Waals surface area contributed by atoms with E-state index in [-0.39, 0.29) is 0 Å². The molecule has 0 aliphatic heterocycles. The third-order valence-corrected chi connectivity index (χ3v) is 7.64. The van der Waals surface area contributed by atoms with Gasteiger partial charge in [0, 0.05) is 28.9 Å². The van der Waals surface area contributed by atoms with Crippen LogP contribution in [0.25, 0.3) is 32.8 Å². The number of nitrogen functional groups attached to an aromatic ring is 1. The van der Waals surface area contributed by atoms with Crippen molar-refractivity contribution < 1.29 is 0 Å². The molecule has 0 aromatic carbocycles. The molecule has 0 spiro atoms. The van der Waals surface area contributed by atoms with Gasteiger partial charge in [0.15, 0.2) is 0 Å². The molecule has 0 radical (unpaired) electrons. The normalized spacial score (nSPS) is 12.1. The maximum Gasteiger partial charge on any atom is 0.116 e. The van der Waals surface area contributed by atoms with Crippen LogP contribution in [0.15, 0.2) is 86.0 Å². The average molecular weight is 537 g/mol. The number of anilines is 1. The summed E-state index contributed by atoms with van der Waals surface area (Å²) in [4.78, 5) is 19.8. The van der Waals surface area contributed by atoms with Gasteiger partial charge in [0.1, 0.15) is 17.0 Å². The second-order valence-electron chi connectivity index (χ2n) is 9.51. The molecular formula is C32H36N6S. The van der Waals surface area contributed by atoms with Crippen LogP contribution in [-0.4, -0.2) is 19.9 Å². The minimum absolute atomic E-state index is 0.540. The van der Waals surface area contributed by atoms with Gasteiger partial charge in [-0.1, -0.05) is 39.2 Å². The molecule has 0 saturated carbocycles. The lowest BCUT2D eigenvalue weighted by Crippen LogP contribution is -2.10. The Bertz CT molecular complexity index is 1580. The summed E-state index contributed by atoms with van der Waals surface area (Å²) in [6, 6.07) is 8.14. The van der Waals surface area contributed by atoms with Gasteiger partial charge >= 0.3 is 0 Å². The predicted molar refractivity (Wildman–Crippen MR) is 167 cm³/mol. The summed E-state index contributed by atoms with van der Waals surface area (Å²) in [6.07, 6.45) is 13.1. The number of H-pyrrole nitrogens is 1. The number of imidazole rings is 1. The van der Waals surface area contributed by atoms with Crippen LogP contribution in [0.5, 0.6) is 0 Å². The van der Waals surface area contributed by atoms with Gasteiger partial charge in [0.25, 0.3) is 0 Å². The van der Waals surface area contributed by atoms with Crippen molar-refractivity contribution in [2.75, 3.05) is 5.73 Å². The fourth-order valence-corrected chi connectivity index (χ4v) is 5.15. The molecule has 6 nitrogen and oxygen atoms in total. The molecule has 4 rings (SSSR count). The molecule has 0 aliphatic rings. The fourth-order valence-electron chi connectivity index (χ4n) is 4.22. The molecule has 4 N–H and O–H groups in total. The van der Waals surface area contributed by atoms with Gasteiger partial charge < -0.3 is 16.0 Å². The van der Waals surface area contributed by atoms with E-state index in [1.807, 2.05) is 44.3 Å². The zero-order valence-corrected chi connectivity index (χ0v) is 23.8. The van der Waals surface area contributed by atoms with Crippen LogP contribution in [0.2, 0.25) is 0 Å². The van der Waals surface area contributed by atoms with E-state index in [0.717, 1.165) is 85.4 Å². The Morgan fingerprint density at radius 3 is 2.72 bits per heavy atom. The molecule has 0 saturated heterocycles. The van der Waals surface area contributed by atoms with E-state index in [0.29, 0.717) is 12.1 Å². The Morgan fingerprint density at radius 1 is 1.21 bits per heavy atom. The number of hydrogen-bond acceptors (Lipinski definition) is 6. The molecule has 4 aromatic heterocycles. The number of nitrogens with zero attached hydrogens (tertiary/aromatic N) is 3. The van der Waals surface area contributed by atoms with Crippen LogP contribution >= 0.6 is 11.3 Å². The number of aromatic nitrogens is 4. The zero-order valence-electron chi connectivity index (χ0n) is 23.0. The number of nitrogens with two attached hydrogens (primary N) is 1. The Balaban J connectivity index is 1.61. The molecule has 0 amide bonds. The van der Waals surface area contributed by atoms with Crippen LogP contribution in [0.1, 0.15) is 62.0 Å². The van der Waals surface area contributed by atoms with E-state index in [9.17, 15) is 0 Å². The highest BCUT2D eigenvalue weighted by atomic mass is 32.1. The van der Waals surface area contributed by atoms with Gasteiger partial charge in [-0.15, -0.1) is 11.3 Å². The lowest BCUT2D eigenvalue weighted by molar-refractivity contribution is 0.751. The molecule has 0 bridgehead atoms.